The van der Waals surface area contributed by atoms with Gasteiger partial charge >= 0.3 is 0 Å². The van der Waals surface area contributed by atoms with E-state index in [1.165, 1.54) is 16.5 Å². The predicted molar refractivity (Wildman–Crippen MR) is 91.9 cm³/mol. The number of benzene rings is 2. The van der Waals surface area contributed by atoms with E-state index in [0.29, 0.717) is 0 Å². The zero-order valence-corrected chi connectivity index (χ0v) is 13.6. The van der Waals surface area contributed by atoms with E-state index in [4.69, 9.17) is 0 Å². The molecule has 2 heteroatoms. The largest absolute Gasteiger partial charge is 0.393 e. The minimum atomic E-state index is -0.276. The Bertz CT molecular complexity index is 580. The highest BCUT2D eigenvalue weighted by Gasteiger charge is 2.22. The van der Waals surface area contributed by atoms with Gasteiger partial charge in [-0.1, -0.05) is 57.2 Å². The molecule has 0 saturated heterocycles. The maximum absolute atomic E-state index is 10.3. The second kappa shape index (κ2) is 6.48. The van der Waals surface area contributed by atoms with Gasteiger partial charge in [0.25, 0.3) is 0 Å². The van der Waals surface area contributed by atoms with Crippen molar-refractivity contribution in [1.82, 2.24) is 0 Å². The van der Waals surface area contributed by atoms with Crippen molar-refractivity contribution in [3.63, 3.8) is 0 Å². The molecule has 0 aliphatic carbocycles. The van der Waals surface area contributed by atoms with Gasteiger partial charge in [-0.25, -0.2) is 0 Å². The van der Waals surface area contributed by atoms with E-state index in [9.17, 15) is 5.11 Å². The summed E-state index contributed by atoms with van der Waals surface area (Å²) < 4.78 is 0. The van der Waals surface area contributed by atoms with Crippen molar-refractivity contribution in [3.05, 3.63) is 42.5 Å². The summed E-state index contributed by atoms with van der Waals surface area (Å²) in [5.74, 6) is 0. The van der Waals surface area contributed by atoms with Crippen LogP contribution in [0.3, 0.4) is 0 Å². The van der Waals surface area contributed by atoms with Gasteiger partial charge in [0.2, 0.25) is 0 Å². The van der Waals surface area contributed by atoms with Crippen LogP contribution in [0.4, 0.5) is 5.69 Å². The van der Waals surface area contributed by atoms with E-state index >= 15 is 0 Å². The number of aliphatic hydroxyl groups is 1. The highest BCUT2D eigenvalue weighted by molar-refractivity contribution is 5.94. The lowest BCUT2D eigenvalue weighted by molar-refractivity contribution is 0.0574. The molecular weight excluding hydrogens is 258 g/mol. The smallest absolute Gasteiger partial charge is 0.0605 e. The maximum atomic E-state index is 10.3. The average Bonchev–Trinajstić information content (AvgIpc) is 2.46. The lowest BCUT2D eigenvalue weighted by atomic mass is 9.87. The zero-order chi connectivity index (χ0) is 15.5. The van der Waals surface area contributed by atoms with Crippen LogP contribution in [0.1, 0.15) is 34.1 Å². The molecule has 0 bridgehead atoms. The van der Waals surface area contributed by atoms with E-state index in [0.717, 1.165) is 19.5 Å². The molecule has 1 N–H and O–H groups in total. The summed E-state index contributed by atoms with van der Waals surface area (Å²) in [6.45, 7) is 10.3. The third-order valence-corrected chi connectivity index (χ3v) is 4.16. The van der Waals surface area contributed by atoms with Crippen molar-refractivity contribution in [2.75, 3.05) is 18.0 Å². The molecule has 2 rings (SSSR count). The fraction of sp³-hybridized carbons (Fsp3) is 0.474. The van der Waals surface area contributed by atoms with E-state index < -0.39 is 0 Å². The molecule has 0 aromatic heterocycles. The molecule has 2 aromatic carbocycles. The molecule has 21 heavy (non-hydrogen) atoms. The van der Waals surface area contributed by atoms with Crippen molar-refractivity contribution in [2.45, 2.75) is 40.2 Å². The monoisotopic (exact) mass is 285 g/mol. The number of nitrogens with zero attached hydrogens (tertiary/aromatic N) is 1. The summed E-state index contributed by atoms with van der Waals surface area (Å²) in [5.41, 5.74) is 1.20. The molecule has 0 fully saturated rings. The Kier molecular flexibility index (Phi) is 4.89. The lowest BCUT2D eigenvalue weighted by Gasteiger charge is -2.30. The highest BCUT2D eigenvalue weighted by atomic mass is 16.3. The van der Waals surface area contributed by atoms with Crippen LogP contribution in [0.5, 0.6) is 0 Å². The van der Waals surface area contributed by atoms with Gasteiger partial charge in [0, 0.05) is 24.2 Å². The van der Waals surface area contributed by atoms with Gasteiger partial charge in [0.05, 0.1) is 6.10 Å². The summed E-state index contributed by atoms with van der Waals surface area (Å²) in [4.78, 5) is 2.36. The number of hydrogen-bond acceptors (Lipinski definition) is 2. The number of aliphatic hydroxyl groups excluding tert-OH is 1. The lowest BCUT2D eigenvalue weighted by Crippen LogP contribution is -2.32. The van der Waals surface area contributed by atoms with Gasteiger partial charge in [-0.3, -0.25) is 0 Å². The van der Waals surface area contributed by atoms with Gasteiger partial charge < -0.3 is 10.0 Å². The van der Waals surface area contributed by atoms with Crippen molar-refractivity contribution in [3.8, 4) is 0 Å². The van der Waals surface area contributed by atoms with Crippen LogP contribution in [0, 0.1) is 5.41 Å². The summed E-state index contributed by atoms with van der Waals surface area (Å²) in [6.07, 6.45) is 0.516. The van der Waals surface area contributed by atoms with E-state index in [1.54, 1.807) is 0 Å². The number of anilines is 1. The minimum absolute atomic E-state index is 0.0574. The molecule has 1 atom stereocenters. The topological polar surface area (TPSA) is 23.5 Å². The minimum Gasteiger partial charge on any atom is -0.393 e. The van der Waals surface area contributed by atoms with Crippen molar-refractivity contribution in [1.29, 1.82) is 0 Å². The summed E-state index contributed by atoms with van der Waals surface area (Å²) >= 11 is 0. The summed E-state index contributed by atoms with van der Waals surface area (Å²) in [5, 5.41) is 12.8. The summed E-state index contributed by atoms with van der Waals surface area (Å²) in [6, 6.07) is 14.9. The fourth-order valence-corrected chi connectivity index (χ4v) is 2.64. The first-order valence-electron chi connectivity index (χ1n) is 7.84. The Balaban J connectivity index is 2.20. The second-order valence-electron chi connectivity index (χ2n) is 6.75. The molecule has 0 spiro atoms. The molecule has 0 aliphatic rings. The van der Waals surface area contributed by atoms with E-state index in [1.807, 2.05) is 0 Å². The van der Waals surface area contributed by atoms with Gasteiger partial charge in [-0.15, -0.1) is 0 Å². The van der Waals surface area contributed by atoms with Crippen LogP contribution in [0.15, 0.2) is 42.5 Å². The van der Waals surface area contributed by atoms with Crippen LogP contribution in [0.2, 0.25) is 0 Å². The van der Waals surface area contributed by atoms with Crippen LogP contribution in [-0.4, -0.2) is 24.3 Å². The van der Waals surface area contributed by atoms with Crippen LogP contribution in [0.25, 0.3) is 10.8 Å². The SMILES string of the molecule is CCN(CCC(O)C(C)(C)C)c1cccc2ccccc12. The van der Waals surface area contributed by atoms with Gasteiger partial charge in [0.1, 0.15) is 0 Å². The third-order valence-electron chi connectivity index (χ3n) is 4.16. The van der Waals surface area contributed by atoms with Gasteiger partial charge in [0.15, 0.2) is 0 Å². The normalized spacial score (nSPS) is 13.4. The molecule has 0 heterocycles. The van der Waals surface area contributed by atoms with Gasteiger partial charge in [-0.05, 0) is 30.2 Å². The Morgan fingerprint density at radius 2 is 1.71 bits per heavy atom. The molecular formula is C19H27NO. The molecule has 2 nitrogen and oxygen atoms in total. The number of rotatable bonds is 5. The first-order chi connectivity index (χ1) is 9.93. The molecule has 0 aliphatic heterocycles. The quantitative estimate of drug-likeness (QED) is 0.876. The number of fused-ring (bicyclic) bond motifs is 1. The van der Waals surface area contributed by atoms with E-state index in [-0.39, 0.29) is 11.5 Å². The summed E-state index contributed by atoms with van der Waals surface area (Å²) in [7, 11) is 0. The zero-order valence-electron chi connectivity index (χ0n) is 13.6. The Morgan fingerprint density at radius 3 is 2.38 bits per heavy atom. The standard InChI is InChI=1S/C19H27NO/c1-5-20(14-13-18(21)19(2,3)4)17-12-8-10-15-9-6-7-11-16(15)17/h6-12,18,21H,5,13-14H2,1-4H3. The van der Waals surface area contributed by atoms with Crippen molar-refractivity contribution >= 4 is 16.5 Å². The maximum Gasteiger partial charge on any atom is 0.0605 e. The third kappa shape index (κ3) is 3.76. The number of hydrogen-bond donors (Lipinski definition) is 1. The first-order valence-corrected chi connectivity index (χ1v) is 7.84. The molecule has 114 valence electrons. The predicted octanol–water partition coefficient (Wildman–Crippen LogP) is 4.46. The molecule has 2 aromatic rings. The fourth-order valence-electron chi connectivity index (χ4n) is 2.64. The van der Waals surface area contributed by atoms with Crippen molar-refractivity contribution < 1.29 is 5.11 Å². The highest BCUT2D eigenvalue weighted by Crippen LogP contribution is 2.28. The van der Waals surface area contributed by atoms with Crippen molar-refractivity contribution in [2.24, 2.45) is 5.41 Å². The molecule has 0 amide bonds. The van der Waals surface area contributed by atoms with Crippen LogP contribution >= 0.6 is 0 Å². The average molecular weight is 285 g/mol. The molecule has 0 radical (unpaired) electrons. The van der Waals surface area contributed by atoms with Gasteiger partial charge in [-0.2, -0.15) is 0 Å². The Morgan fingerprint density at radius 1 is 1.05 bits per heavy atom. The van der Waals surface area contributed by atoms with Crippen LogP contribution in [-0.2, 0) is 0 Å². The Labute approximate surface area is 128 Å². The first kappa shape index (κ1) is 15.8. The Hall–Kier alpha value is -1.54. The van der Waals surface area contributed by atoms with Crippen LogP contribution < -0.4 is 4.90 Å². The second-order valence-corrected chi connectivity index (χ2v) is 6.75. The van der Waals surface area contributed by atoms with E-state index in [2.05, 4.69) is 75.1 Å². The molecule has 1 unspecified atom stereocenters. The molecule has 0 saturated carbocycles.